The smallest absolute Gasteiger partial charge is 0.132 e. The summed E-state index contributed by atoms with van der Waals surface area (Å²) >= 11 is 1.65. The predicted molar refractivity (Wildman–Crippen MR) is 72.6 cm³/mol. The zero-order valence-electron chi connectivity index (χ0n) is 10.7. The van der Waals surface area contributed by atoms with Crippen LogP contribution in [0.15, 0.2) is 17.5 Å². The van der Waals surface area contributed by atoms with Gasteiger partial charge in [0.15, 0.2) is 0 Å². The zero-order chi connectivity index (χ0) is 12.8. The van der Waals surface area contributed by atoms with Gasteiger partial charge in [-0.15, -0.1) is 11.3 Å². The Morgan fingerprint density at radius 3 is 2.94 bits per heavy atom. The molecule has 4 nitrogen and oxygen atoms in total. The van der Waals surface area contributed by atoms with Crippen molar-refractivity contribution in [1.82, 2.24) is 9.80 Å². The van der Waals surface area contributed by atoms with Crippen LogP contribution in [0.1, 0.15) is 10.9 Å². The van der Waals surface area contributed by atoms with Crippen LogP contribution in [-0.4, -0.2) is 56.2 Å². The fourth-order valence-electron chi connectivity index (χ4n) is 2.08. The SMILES string of the molecule is CN(CCN1CCOCC1)C(C#N)c1cccs1. The lowest BCUT2D eigenvalue weighted by Gasteiger charge is -2.29. The third kappa shape index (κ3) is 3.53. The molecule has 0 amide bonds. The molecular weight excluding hydrogens is 246 g/mol. The van der Waals surface area contributed by atoms with Gasteiger partial charge in [-0.05, 0) is 18.5 Å². The van der Waals surface area contributed by atoms with E-state index in [1.165, 1.54) is 0 Å². The molecule has 0 aromatic carbocycles. The van der Waals surface area contributed by atoms with Crippen molar-refractivity contribution in [3.8, 4) is 6.07 Å². The Kier molecular flexibility index (Phi) is 5.14. The fraction of sp³-hybridized carbons (Fsp3) is 0.615. The Morgan fingerprint density at radius 1 is 1.56 bits per heavy atom. The van der Waals surface area contributed by atoms with Gasteiger partial charge in [-0.1, -0.05) is 6.07 Å². The second-order valence-corrected chi connectivity index (χ2v) is 5.46. The lowest BCUT2D eigenvalue weighted by Crippen LogP contribution is -2.41. The molecule has 98 valence electrons. The second kappa shape index (κ2) is 6.86. The van der Waals surface area contributed by atoms with Crippen LogP contribution in [0.3, 0.4) is 0 Å². The molecule has 1 aromatic rings. The summed E-state index contributed by atoms with van der Waals surface area (Å²) in [6.45, 7) is 5.58. The molecule has 1 atom stereocenters. The number of hydrogen-bond acceptors (Lipinski definition) is 5. The standard InChI is InChI=1S/C13H19N3OS/c1-15(4-5-16-6-8-17-9-7-16)12(11-14)13-3-2-10-18-13/h2-3,10,12H,4-9H2,1H3. The summed E-state index contributed by atoms with van der Waals surface area (Å²) in [5.74, 6) is 0. The number of thiophene rings is 1. The van der Waals surface area contributed by atoms with E-state index < -0.39 is 0 Å². The monoisotopic (exact) mass is 265 g/mol. The minimum atomic E-state index is -0.119. The number of ether oxygens (including phenoxy) is 1. The lowest BCUT2D eigenvalue weighted by molar-refractivity contribution is 0.0336. The largest absolute Gasteiger partial charge is 0.379 e. The van der Waals surface area contributed by atoms with Gasteiger partial charge in [-0.25, -0.2) is 0 Å². The minimum absolute atomic E-state index is 0.119. The molecule has 5 heteroatoms. The van der Waals surface area contributed by atoms with E-state index in [4.69, 9.17) is 4.74 Å². The topological polar surface area (TPSA) is 39.5 Å². The van der Waals surface area contributed by atoms with Gasteiger partial charge in [0.25, 0.3) is 0 Å². The minimum Gasteiger partial charge on any atom is -0.379 e. The number of morpholine rings is 1. The molecule has 2 heterocycles. The second-order valence-electron chi connectivity index (χ2n) is 4.48. The van der Waals surface area contributed by atoms with E-state index >= 15 is 0 Å². The average molecular weight is 265 g/mol. The first-order valence-electron chi connectivity index (χ1n) is 6.24. The predicted octanol–water partition coefficient (Wildman–Crippen LogP) is 1.58. The van der Waals surface area contributed by atoms with Gasteiger partial charge in [0.05, 0.1) is 19.3 Å². The highest BCUT2D eigenvalue weighted by atomic mass is 32.1. The molecule has 0 aliphatic carbocycles. The fourth-order valence-corrected chi connectivity index (χ4v) is 2.91. The molecule has 18 heavy (non-hydrogen) atoms. The maximum atomic E-state index is 9.29. The van der Waals surface area contributed by atoms with Gasteiger partial charge >= 0.3 is 0 Å². The molecular formula is C13H19N3OS. The van der Waals surface area contributed by atoms with Crippen molar-refractivity contribution < 1.29 is 4.74 Å². The molecule has 1 fully saturated rings. The molecule has 0 bridgehead atoms. The molecule has 0 N–H and O–H groups in total. The number of nitriles is 1. The van der Waals surface area contributed by atoms with E-state index in [2.05, 4.69) is 15.9 Å². The first kappa shape index (κ1) is 13.5. The van der Waals surface area contributed by atoms with Crippen LogP contribution in [0.25, 0.3) is 0 Å². The summed E-state index contributed by atoms with van der Waals surface area (Å²) in [6.07, 6.45) is 0. The zero-order valence-corrected chi connectivity index (χ0v) is 11.5. The van der Waals surface area contributed by atoms with Crippen LogP contribution in [0.4, 0.5) is 0 Å². The van der Waals surface area contributed by atoms with Crippen molar-refractivity contribution in [3.63, 3.8) is 0 Å². The van der Waals surface area contributed by atoms with Gasteiger partial charge in [0.2, 0.25) is 0 Å². The lowest BCUT2D eigenvalue weighted by atomic mass is 10.2. The average Bonchev–Trinajstić information content (AvgIpc) is 2.92. The Labute approximate surface area is 112 Å². The molecule has 1 unspecified atom stereocenters. The first-order valence-corrected chi connectivity index (χ1v) is 7.12. The highest BCUT2D eigenvalue weighted by Crippen LogP contribution is 2.23. The molecule has 0 saturated carbocycles. The molecule has 1 aromatic heterocycles. The molecule has 1 saturated heterocycles. The van der Waals surface area contributed by atoms with E-state index in [-0.39, 0.29) is 6.04 Å². The van der Waals surface area contributed by atoms with Crippen LogP contribution >= 0.6 is 11.3 Å². The molecule has 0 spiro atoms. The van der Waals surface area contributed by atoms with Crippen LogP contribution in [0.2, 0.25) is 0 Å². The van der Waals surface area contributed by atoms with E-state index in [9.17, 15) is 5.26 Å². The summed E-state index contributed by atoms with van der Waals surface area (Å²) in [7, 11) is 2.02. The highest BCUT2D eigenvalue weighted by molar-refractivity contribution is 7.10. The Bertz CT molecular complexity index is 381. The van der Waals surface area contributed by atoms with Crippen LogP contribution < -0.4 is 0 Å². The molecule has 1 aliphatic heterocycles. The number of hydrogen-bond donors (Lipinski definition) is 0. The summed E-state index contributed by atoms with van der Waals surface area (Å²) < 4.78 is 5.33. The van der Waals surface area contributed by atoms with Crippen LogP contribution in [0, 0.1) is 11.3 Å². The maximum absolute atomic E-state index is 9.29. The van der Waals surface area contributed by atoms with E-state index in [0.717, 1.165) is 44.3 Å². The molecule has 1 aliphatic rings. The Balaban J connectivity index is 1.82. The third-order valence-electron chi connectivity index (χ3n) is 3.25. The quantitative estimate of drug-likeness (QED) is 0.810. The van der Waals surface area contributed by atoms with E-state index in [1.54, 1.807) is 11.3 Å². The van der Waals surface area contributed by atoms with Crippen molar-refractivity contribution in [3.05, 3.63) is 22.4 Å². The summed E-state index contributed by atoms with van der Waals surface area (Å²) in [5.41, 5.74) is 0. The summed E-state index contributed by atoms with van der Waals surface area (Å²) in [5, 5.41) is 11.3. The molecule has 2 rings (SSSR count). The van der Waals surface area contributed by atoms with Crippen molar-refractivity contribution in [2.45, 2.75) is 6.04 Å². The van der Waals surface area contributed by atoms with Gasteiger partial charge in [0, 0.05) is 31.1 Å². The maximum Gasteiger partial charge on any atom is 0.132 e. The Morgan fingerprint density at radius 2 is 2.33 bits per heavy atom. The van der Waals surface area contributed by atoms with Gasteiger partial charge in [-0.3, -0.25) is 9.80 Å². The van der Waals surface area contributed by atoms with E-state index in [1.807, 2.05) is 24.6 Å². The van der Waals surface area contributed by atoms with Crippen molar-refractivity contribution in [2.24, 2.45) is 0 Å². The van der Waals surface area contributed by atoms with Crippen molar-refractivity contribution >= 4 is 11.3 Å². The van der Waals surface area contributed by atoms with Crippen molar-refractivity contribution in [2.75, 3.05) is 46.4 Å². The van der Waals surface area contributed by atoms with E-state index in [0.29, 0.717) is 0 Å². The van der Waals surface area contributed by atoms with Crippen LogP contribution in [-0.2, 0) is 4.74 Å². The van der Waals surface area contributed by atoms with Crippen LogP contribution in [0.5, 0.6) is 0 Å². The van der Waals surface area contributed by atoms with Gasteiger partial charge < -0.3 is 4.74 Å². The summed E-state index contributed by atoms with van der Waals surface area (Å²) in [4.78, 5) is 5.64. The third-order valence-corrected chi connectivity index (χ3v) is 4.17. The van der Waals surface area contributed by atoms with Crippen molar-refractivity contribution in [1.29, 1.82) is 5.26 Å². The first-order chi connectivity index (χ1) is 8.81. The number of likely N-dealkylation sites (N-methyl/N-ethyl adjacent to an activating group) is 1. The van der Waals surface area contributed by atoms with Gasteiger partial charge in [0.1, 0.15) is 6.04 Å². The summed E-state index contributed by atoms with van der Waals surface area (Å²) in [6, 6.07) is 6.30. The number of nitrogens with zero attached hydrogens (tertiary/aromatic N) is 3. The Hall–Kier alpha value is -0.930. The highest BCUT2D eigenvalue weighted by Gasteiger charge is 2.18. The molecule has 0 radical (unpaired) electrons. The normalized spacial score (nSPS) is 18.7. The number of rotatable bonds is 5. The van der Waals surface area contributed by atoms with Gasteiger partial charge in [-0.2, -0.15) is 5.26 Å².